The predicted octanol–water partition coefficient (Wildman–Crippen LogP) is 3.87. The van der Waals surface area contributed by atoms with E-state index in [4.69, 9.17) is 11.6 Å². The number of hydrogen-bond acceptors (Lipinski definition) is 5. The molecule has 29 heavy (non-hydrogen) atoms. The minimum absolute atomic E-state index is 0.115. The Labute approximate surface area is 178 Å². The molecule has 0 fully saturated rings. The number of halogens is 1. The molecule has 2 aromatic heterocycles. The molecule has 154 valence electrons. The van der Waals surface area contributed by atoms with E-state index in [1.54, 1.807) is 34.6 Å². The molecule has 0 saturated carbocycles. The van der Waals surface area contributed by atoms with Crippen LogP contribution in [0.1, 0.15) is 25.8 Å². The zero-order valence-corrected chi connectivity index (χ0v) is 18.5. The number of nitrogens with zero attached hydrogens (tertiary/aromatic N) is 4. The fraction of sp³-hybridized carbons (Fsp3) is 0.400. The van der Waals surface area contributed by atoms with E-state index in [0.29, 0.717) is 39.4 Å². The molecule has 1 N–H and O–H groups in total. The molecule has 0 aliphatic rings. The average molecular weight is 434 g/mol. The number of hydrogen-bond donors (Lipinski definition) is 1. The fourth-order valence-electron chi connectivity index (χ4n) is 2.82. The van der Waals surface area contributed by atoms with Gasteiger partial charge >= 0.3 is 0 Å². The summed E-state index contributed by atoms with van der Waals surface area (Å²) < 4.78 is 3.19. The van der Waals surface area contributed by atoms with Gasteiger partial charge in [-0.15, -0.1) is 0 Å². The van der Waals surface area contributed by atoms with Crippen LogP contribution < -0.4 is 10.9 Å². The quantitative estimate of drug-likeness (QED) is 0.451. The van der Waals surface area contributed by atoms with E-state index in [9.17, 15) is 9.59 Å². The summed E-state index contributed by atoms with van der Waals surface area (Å²) in [6.07, 6.45) is 2.54. The Morgan fingerprint density at radius 1 is 1.34 bits per heavy atom. The van der Waals surface area contributed by atoms with Gasteiger partial charge in [-0.05, 0) is 37.0 Å². The number of amides is 1. The number of thioether (sulfide) groups is 1. The molecule has 3 rings (SSSR count). The lowest BCUT2D eigenvalue weighted by molar-refractivity contribution is -0.113. The molecule has 0 aliphatic carbocycles. The summed E-state index contributed by atoms with van der Waals surface area (Å²) in [7, 11) is 1.76. The van der Waals surface area contributed by atoms with Crippen LogP contribution in [0.5, 0.6) is 0 Å². The number of benzene rings is 1. The summed E-state index contributed by atoms with van der Waals surface area (Å²) in [6, 6.07) is 5.46. The van der Waals surface area contributed by atoms with Gasteiger partial charge in [0.15, 0.2) is 10.7 Å². The Bertz CT molecular complexity index is 1110. The third-order valence-corrected chi connectivity index (χ3v) is 5.65. The number of anilines is 1. The third-order valence-electron chi connectivity index (χ3n) is 4.37. The van der Waals surface area contributed by atoms with Crippen LogP contribution in [-0.2, 0) is 18.4 Å². The van der Waals surface area contributed by atoms with Crippen molar-refractivity contribution in [3.05, 3.63) is 45.3 Å². The van der Waals surface area contributed by atoms with E-state index in [0.717, 1.165) is 12.0 Å². The van der Waals surface area contributed by atoms with Gasteiger partial charge in [0.2, 0.25) is 5.91 Å². The fourth-order valence-corrected chi connectivity index (χ4v) is 3.93. The van der Waals surface area contributed by atoms with Crippen molar-refractivity contribution in [2.75, 3.05) is 11.1 Å². The Kier molecular flexibility index (Phi) is 6.64. The van der Waals surface area contributed by atoms with Crippen molar-refractivity contribution in [1.29, 1.82) is 0 Å². The van der Waals surface area contributed by atoms with Crippen molar-refractivity contribution in [1.82, 2.24) is 19.3 Å². The van der Waals surface area contributed by atoms with Crippen molar-refractivity contribution in [3.8, 4) is 0 Å². The molecule has 2 heterocycles. The summed E-state index contributed by atoms with van der Waals surface area (Å²) in [5.41, 5.74) is 2.28. The largest absolute Gasteiger partial charge is 0.324 e. The maximum absolute atomic E-state index is 12.9. The van der Waals surface area contributed by atoms with Gasteiger partial charge in [-0.1, -0.05) is 43.3 Å². The summed E-state index contributed by atoms with van der Waals surface area (Å²) in [5, 5.41) is 8.04. The molecule has 7 nitrogen and oxygen atoms in total. The molecule has 0 atom stereocenters. The Balaban J connectivity index is 1.81. The van der Waals surface area contributed by atoms with Crippen molar-refractivity contribution < 1.29 is 4.79 Å². The summed E-state index contributed by atoms with van der Waals surface area (Å²) in [5.74, 6) is 0.340. The van der Waals surface area contributed by atoms with Gasteiger partial charge in [-0.25, -0.2) is 4.98 Å². The van der Waals surface area contributed by atoms with Crippen LogP contribution in [0.3, 0.4) is 0 Å². The molecule has 0 spiro atoms. The van der Waals surface area contributed by atoms with E-state index in [1.807, 2.05) is 13.0 Å². The van der Waals surface area contributed by atoms with Crippen LogP contribution in [-0.4, -0.2) is 31.0 Å². The van der Waals surface area contributed by atoms with Crippen molar-refractivity contribution >= 4 is 46.0 Å². The highest BCUT2D eigenvalue weighted by atomic mass is 35.5. The molecule has 0 bridgehead atoms. The summed E-state index contributed by atoms with van der Waals surface area (Å²) in [6.45, 7) is 6.67. The van der Waals surface area contributed by atoms with Gasteiger partial charge in [0.25, 0.3) is 5.56 Å². The molecule has 1 aromatic carbocycles. The van der Waals surface area contributed by atoms with Crippen molar-refractivity contribution in [2.24, 2.45) is 13.0 Å². The first-order valence-electron chi connectivity index (χ1n) is 9.37. The first-order chi connectivity index (χ1) is 13.7. The highest BCUT2D eigenvalue weighted by molar-refractivity contribution is 7.99. The van der Waals surface area contributed by atoms with Crippen LogP contribution in [0.4, 0.5) is 5.69 Å². The normalized spacial score (nSPS) is 11.4. The van der Waals surface area contributed by atoms with E-state index >= 15 is 0 Å². The second kappa shape index (κ2) is 9.00. The maximum Gasteiger partial charge on any atom is 0.282 e. The molecule has 0 unspecified atom stereocenters. The van der Waals surface area contributed by atoms with Crippen molar-refractivity contribution in [3.63, 3.8) is 0 Å². The lowest BCUT2D eigenvalue weighted by Gasteiger charge is -2.13. The van der Waals surface area contributed by atoms with Gasteiger partial charge < -0.3 is 5.32 Å². The number of fused-ring (bicyclic) bond motifs is 1. The number of carbonyl (C=O) groups excluding carboxylic acids is 1. The Hall–Kier alpha value is -2.32. The molecular formula is C20H24ClN5O2S. The number of rotatable bonds is 7. The van der Waals surface area contributed by atoms with E-state index < -0.39 is 0 Å². The van der Waals surface area contributed by atoms with E-state index in [1.165, 1.54) is 11.8 Å². The van der Waals surface area contributed by atoms with Crippen LogP contribution in [0.15, 0.2) is 34.3 Å². The van der Waals surface area contributed by atoms with Crippen LogP contribution in [0.25, 0.3) is 11.0 Å². The van der Waals surface area contributed by atoms with E-state index in [2.05, 4.69) is 29.2 Å². The Morgan fingerprint density at radius 2 is 2.10 bits per heavy atom. The maximum atomic E-state index is 12.9. The molecule has 9 heteroatoms. The zero-order chi connectivity index (χ0) is 21.1. The Morgan fingerprint density at radius 3 is 2.79 bits per heavy atom. The number of aryl methyl sites for hydroxylation is 2. The standard InChI is InChI=1S/C20H24ClN5O2S/c1-12(2)7-8-26-19(28)18-16(10-25(4)24-18)23-20(26)29-11-17(27)22-15-6-5-13(3)9-14(15)21/h5-6,9-10,12H,7-8,11H2,1-4H3,(H,22,27). The number of nitrogens with one attached hydrogen (secondary N) is 1. The van der Waals surface area contributed by atoms with Gasteiger partial charge in [-0.3, -0.25) is 18.8 Å². The van der Waals surface area contributed by atoms with Crippen LogP contribution in [0, 0.1) is 12.8 Å². The third kappa shape index (κ3) is 5.19. The lowest BCUT2D eigenvalue weighted by atomic mass is 10.1. The van der Waals surface area contributed by atoms with Gasteiger partial charge in [0.1, 0.15) is 5.52 Å². The number of carbonyl (C=O) groups is 1. The molecule has 0 saturated heterocycles. The van der Waals surface area contributed by atoms with E-state index in [-0.39, 0.29) is 17.2 Å². The summed E-state index contributed by atoms with van der Waals surface area (Å²) >= 11 is 7.42. The minimum atomic E-state index is -0.211. The first kappa shape index (κ1) is 21.4. The molecule has 3 aromatic rings. The zero-order valence-electron chi connectivity index (χ0n) is 16.9. The van der Waals surface area contributed by atoms with Gasteiger partial charge in [0.05, 0.1) is 22.7 Å². The summed E-state index contributed by atoms with van der Waals surface area (Å²) in [4.78, 5) is 29.9. The van der Waals surface area contributed by atoms with Crippen LogP contribution in [0.2, 0.25) is 5.02 Å². The highest BCUT2D eigenvalue weighted by Gasteiger charge is 2.16. The molecule has 0 aliphatic heterocycles. The highest BCUT2D eigenvalue weighted by Crippen LogP contribution is 2.24. The number of aromatic nitrogens is 4. The molecular weight excluding hydrogens is 410 g/mol. The second-order valence-electron chi connectivity index (χ2n) is 7.39. The monoisotopic (exact) mass is 433 g/mol. The predicted molar refractivity (Wildman–Crippen MR) is 118 cm³/mol. The smallest absolute Gasteiger partial charge is 0.282 e. The van der Waals surface area contributed by atoms with Gasteiger partial charge in [-0.2, -0.15) is 5.10 Å². The van der Waals surface area contributed by atoms with Crippen molar-refractivity contribution in [2.45, 2.75) is 38.9 Å². The van der Waals surface area contributed by atoms with Crippen LogP contribution >= 0.6 is 23.4 Å². The van der Waals surface area contributed by atoms with Gasteiger partial charge in [0, 0.05) is 13.6 Å². The SMILES string of the molecule is Cc1ccc(NC(=O)CSc2nc3cn(C)nc3c(=O)n2CCC(C)C)c(Cl)c1. The second-order valence-corrected chi connectivity index (χ2v) is 8.74. The molecule has 0 radical (unpaired) electrons. The minimum Gasteiger partial charge on any atom is -0.324 e. The average Bonchev–Trinajstić information content (AvgIpc) is 3.02. The lowest BCUT2D eigenvalue weighted by Crippen LogP contribution is -2.25. The first-order valence-corrected chi connectivity index (χ1v) is 10.7. The topological polar surface area (TPSA) is 81.8 Å². The molecule has 1 amide bonds.